The summed E-state index contributed by atoms with van der Waals surface area (Å²) >= 11 is 0. The summed E-state index contributed by atoms with van der Waals surface area (Å²) < 4.78 is 16.7. The predicted octanol–water partition coefficient (Wildman–Crippen LogP) is 16.9. The van der Waals surface area contributed by atoms with Gasteiger partial charge in [-0.3, -0.25) is 14.4 Å². The molecule has 6 heteroatoms. The molecule has 0 aromatic carbocycles. The Morgan fingerprint density at radius 1 is 0.328 bits per heavy atom. The Labute approximate surface area is 377 Å². The minimum Gasteiger partial charge on any atom is -0.462 e. The summed E-state index contributed by atoms with van der Waals surface area (Å²) in [4.78, 5) is 37.9. The molecule has 0 saturated carbocycles. The van der Waals surface area contributed by atoms with Crippen LogP contribution in [0.25, 0.3) is 0 Å². The number of carbonyl (C=O) groups is 3. The fraction of sp³-hybridized carbons (Fsp3) is 0.764. The molecule has 6 nitrogen and oxygen atoms in total. The third-order valence-corrected chi connectivity index (χ3v) is 11.0. The van der Waals surface area contributed by atoms with Gasteiger partial charge in [-0.25, -0.2) is 0 Å². The van der Waals surface area contributed by atoms with E-state index in [0.29, 0.717) is 19.3 Å². The van der Waals surface area contributed by atoms with Gasteiger partial charge in [-0.15, -0.1) is 0 Å². The van der Waals surface area contributed by atoms with Crippen molar-refractivity contribution < 1.29 is 28.6 Å². The van der Waals surface area contributed by atoms with Crippen LogP contribution in [-0.2, 0) is 28.6 Å². The first-order valence-electron chi connectivity index (χ1n) is 25.8. The number of carbonyl (C=O) groups excluding carboxylic acids is 3. The van der Waals surface area contributed by atoms with Gasteiger partial charge in [-0.1, -0.05) is 204 Å². The highest BCUT2D eigenvalue weighted by molar-refractivity contribution is 5.71. The van der Waals surface area contributed by atoms with Crippen molar-refractivity contribution in [2.45, 2.75) is 258 Å². The lowest BCUT2D eigenvalue weighted by atomic mass is 10.1. The highest BCUT2D eigenvalue weighted by Crippen LogP contribution is 2.14. The van der Waals surface area contributed by atoms with Gasteiger partial charge in [0.15, 0.2) is 6.10 Å². The molecule has 352 valence electrons. The van der Waals surface area contributed by atoms with Crippen LogP contribution in [-0.4, -0.2) is 37.2 Å². The van der Waals surface area contributed by atoms with E-state index in [-0.39, 0.29) is 31.1 Å². The van der Waals surface area contributed by atoms with Crippen LogP contribution < -0.4 is 0 Å². The van der Waals surface area contributed by atoms with Gasteiger partial charge in [-0.05, 0) is 89.9 Å². The predicted molar refractivity (Wildman–Crippen MR) is 261 cm³/mol. The van der Waals surface area contributed by atoms with Crippen LogP contribution in [0.5, 0.6) is 0 Å². The van der Waals surface area contributed by atoms with Crippen molar-refractivity contribution in [3.63, 3.8) is 0 Å². The third kappa shape index (κ3) is 48.0. The van der Waals surface area contributed by atoms with Gasteiger partial charge in [0.2, 0.25) is 0 Å². The maximum atomic E-state index is 12.8. The fourth-order valence-electron chi connectivity index (χ4n) is 7.07. The lowest BCUT2D eigenvalue weighted by Gasteiger charge is -2.18. The average molecular weight is 853 g/mol. The van der Waals surface area contributed by atoms with Crippen molar-refractivity contribution >= 4 is 17.9 Å². The zero-order chi connectivity index (χ0) is 44.4. The standard InChI is InChI=1S/C55H96O6/c1-4-7-10-13-16-19-22-24-26-27-28-29-30-32-33-36-39-42-45-48-54(57)60-51-52(50-59-53(56)47-44-41-38-35-21-18-15-12-9-6-3)61-55(58)49-46-43-40-37-34-31-25-23-20-17-14-11-8-5-2/h16,19,23-26,28-29,32-33,52H,4-15,17-18,20-22,27,30-31,34-51H2,1-3H3/b19-16-,25-23-,26-24-,29-28-,33-32-/t52-/m1/s1. The molecule has 0 aliphatic heterocycles. The van der Waals surface area contributed by atoms with Crippen LogP contribution in [0.4, 0.5) is 0 Å². The van der Waals surface area contributed by atoms with Crippen molar-refractivity contribution in [2.24, 2.45) is 0 Å². The molecule has 61 heavy (non-hydrogen) atoms. The summed E-state index contributed by atoms with van der Waals surface area (Å²) in [6.45, 7) is 6.56. The van der Waals surface area contributed by atoms with E-state index in [1.54, 1.807) is 0 Å². The summed E-state index contributed by atoms with van der Waals surface area (Å²) in [6, 6.07) is 0. The zero-order valence-electron chi connectivity index (χ0n) is 40.2. The monoisotopic (exact) mass is 853 g/mol. The number of rotatable bonds is 46. The average Bonchev–Trinajstić information content (AvgIpc) is 3.26. The van der Waals surface area contributed by atoms with Gasteiger partial charge in [0.25, 0.3) is 0 Å². The lowest BCUT2D eigenvalue weighted by Crippen LogP contribution is -2.30. The Morgan fingerprint density at radius 3 is 0.984 bits per heavy atom. The molecule has 1 atom stereocenters. The number of hydrogen-bond donors (Lipinski definition) is 0. The molecule has 0 spiro atoms. The van der Waals surface area contributed by atoms with E-state index in [4.69, 9.17) is 14.2 Å². The molecule has 0 bridgehead atoms. The van der Waals surface area contributed by atoms with Crippen LogP contribution >= 0.6 is 0 Å². The van der Waals surface area contributed by atoms with Gasteiger partial charge in [0.05, 0.1) is 0 Å². The molecule has 0 fully saturated rings. The molecule has 0 saturated heterocycles. The zero-order valence-corrected chi connectivity index (χ0v) is 40.2. The minimum atomic E-state index is -0.788. The van der Waals surface area contributed by atoms with E-state index in [1.807, 2.05) is 0 Å². The first-order valence-corrected chi connectivity index (χ1v) is 25.8. The van der Waals surface area contributed by atoms with Crippen LogP contribution in [0, 0.1) is 0 Å². The van der Waals surface area contributed by atoms with Gasteiger partial charge in [0, 0.05) is 19.3 Å². The lowest BCUT2D eigenvalue weighted by molar-refractivity contribution is -0.167. The summed E-state index contributed by atoms with van der Waals surface area (Å²) in [7, 11) is 0. The van der Waals surface area contributed by atoms with Crippen molar-refractivity contribution in [1.82, 2.24) is 0 Å². The molecule has 0 radical (unpaired) electrons. The molecule has 0 N–H and O–H groups in total. The van der Waals surface area contributed by atoms with Gasteiger partial charge in [-0.2, -0.15) is 0 Å². The van der Waals surface area contributed by atoms with Crippen molar-refractivity contribution in [3.8, 4) is 0 Å². The number of unbranched alkanes of at least 4 members (excludes halogenated alkanes) is 25. The minimum absolute atomic E-state index is 0.0864. The molecular weight excluding hydrogens is 757 g/mol. The Bertz CT molecular complexity index is 1120. The second kappa shape index (κ2) is 49.8. The summed E-state index contributed by atoms with van der Waals surface area (Å²) in [5.41, 5.74) is 0. The first kappa shape index (κ1) is 58.1. The first-order chi connectivity index (χ1) is 30.0. The Morgan fingerprint density at radius 2 is 0.590 bits per heavy atom. The number of hydrogen-bond acceptors (Lipinski definition) is 6. The normalized spacial score (nSPS) is 12.5. The molecule has 0 unspecified atom stereocenters. The van der Waals surface area contributed by atoms with Crippen LogP contribution in [0.2, 0.25) is 0 Å². The second-order valence-corrected chi connectivity index (χ2v) is 17.1. The summed E-state index contributed by atoms with van der Waals surface area (Å²) in [5, 5.41) is 0. The topological polar surface area (TPSA) is 78.9 Å². The molecule has 0 aliphatic rings. The smallest absolute Gasteiger partial charge is 0.306 e. The van der Waals surface area contributed by atoms with Crippen molar-refractivity contribution in [3.05, 3.63) is 60.8 Å². The molecule has 0 aliphatic carbocycles. The van der Waals surface area contributed by atoms with E-state index in [2.05, 4.69) is 81.5 Å². The number of ether oxygens (including phenoxy) is 3. The van der Waals surface area contributed by atoms with E-state index in [0.717, 1.165) is 96.3 Å². The second-order valence-electron chi connectivity index (χ2n) is 17.1. The third-order valence-electron chi connectivity index (χ3n) is 11.0. The highest BCUT2D eigenvalue weighted by Gasteiger charge is 2.19. The Balaban J connectivity index is 4.41. The maximum Gasteiger partial charge on any atom is 0.306 e. The maximum absolute atomic E-state index is 12.8. The van der Waals surface area contributed by atoms with Crippen LogP contribution in [0.15, 0.2) is 60.8 Å². The highest BCUT2D eigenvalue weighted by atomic mass is 16.6. The SMILES string of the molecule is CCCCC/C=C\C/C=C\C/C=C\C/C=C\CCCCCC(=O)OC[C@@H](COC(=O)CCCCCCCCCCCC)OC(=O)CCCCCCC/C=C\CCCCCCC. The van der Waals surface area contributed by atoms with Crippen LogP contribution in [0.1, 0.15) is 252 Å². The summed E-state index contributed by atoms with van der Waals surface area (Å²) in [5.74, 6) is -0.925. The largest absolute Gasteiger partial charge is 0.462 e. The fourth-order valence-corrected chi connectivity index (χ4v) is 7.07. The Hall–Kier alpha value is -2.89. The van der Waals surface area contributed by atoms with Gasteiger partial charge < -0.3 is 14.2 Å². The molecular formula is C55H96O6. The molecule has 0 heterocycles. The molecule has 0 rings (SSSR count). The molecule has 0 aromatic rings. The van der Waals surface area contributed by atoms with E-state index >= 15 is 0 Å². The van der Waals surface area contributed by atoms with Crippen LogP contribution in [0.3, 0.4) is 0 Å². The quantitative estimate of drug-likeness (QED) is 0.0263. The van der Waals surface area contributed by atoms with Crippen molar-refractivity contribution in [2.75, 3.05) is 13.2 Å². The van der Waals surface area contributed by atoms with Gasteiger partial charge >= 0.3 is 17.9 Å². The summed E-state index contributed by atoms with van der Waals surface area (Å²) in [6.07, 6.45) is 60.6. The van der Waals surface area contributed by atoms with E-state index in [1.165, 1.54) is 116 Å². The Kier molecular flexibility index (Phi) is 47.4. The molecule has 0 aromatic heterocycles. The van der Waals surface area contributed by atoms with Crippen molar-refractivity contribution in [1.29, 1.82) is 0 Å². The number of esters is 3. The van der Waals surface area contributed by atoms with E-state index < -0.39 is 6.10 Å². The van der Waals surface area contributed by atoms with E-state index in [9.17, 15) is 14.4 Å². The number of allylic oxidation sites excluding steroid dienone is 10. The molecule has 0 amide bonds. The van der Waals surface area contributed by atoms with Gasteiger partial charge in [0.1, 0.15) is 13.2 Å².